The maximum Gasteiger partial charge on any atom is 0.0583 e. The van der Waals surface area contributed by atoms with Crippen LogP contribution < -0.4 is 0 Å². The average Bonchev–Trinajstić information content (AvgIpc) is 2.70. The second-order valence-electron chi connectivity index (χ2n) is 9.16. The first-order chi connectivity index (χ1) is 13.6. The quantitative estimate of drug-likeness (QED) is 0.214. The van der Waals surface area contributed by atoms with Gasteiger partial charge in [-0.1, -0.05) is 86.3 Å². The van der Waals surface area contributed by atoms with Crippen LogP contribution in [0.5, 0.6) is 0 Å². The first-order valence-corrected chi connectivity index (χ1v) is 19.1. The van der Waals surface area contributed by atoms with Crippen molar-refractivity contribution in [2.24, 2.45) is 0 Å². The van der Waals surface area contributed by atoms with E-state index >= 15 is 0 Å². The number of hydrogen-bond acceptors (Lipinski definition) is 4. The lowest BCUT2D eigenvalue weighted by Crippen LogP contribution is -2.27. The molecule has 2 radical (unpaired) electrons. The van der Waals surface area contributed by atoms with Gasteiger partial charge in [0.15, 0.2) is 0 Å². The predicted octanol–water partition coefficient (Wildman–Crippen LogP) is 7.17. The number of ether oxygens (including phenoxy) is 2. The molecule has 6 heteroatoms. The molecule has 164 valence electrons. The summed E-state index contributed by atoms with van der Waals surface area (Å²) in [6.45, 7) is 11.9. The third-order valence-corrected chi connectivity index (χ3v) is 16.6. The van der Waals surface area contributed by atoms with Crippen LogP contribution in [-0.4, -0.2) is 52.8 Å². The summed E-state index contributed by atoms with van der Waals surface area (Å²) in [5.41, 5.74) is 0. The minimum Gasteiger partial charge on any atom is -0.378 e. The van der Waals surface area contributed by atoms with Crippen LogP contribution in [0, 0.1) is 0 Å². The van der Waals surface area contributed by atoms with E-state index in [1.807, 2.05) is 0 Å². The molecule has 2 fully saturated rings. The summed E-state index contributed by atoms with van der Waals surface area (Å²) in [6.07, 6.45) is 17.1. The van der Waals surface area contributed by atoms with Gasteiger partial charge in [0.1, 0.15) is 0 Å². The van der Waals surface area contributed by atoms with Crippen molar-refractivity contribution in [3.05, 3.63) is 0 Å². The van der Waals surface area contributed by atoms with Gasteiger partial charge in [-0.05, 0) is 38.5 Å². The lowest BCUT2D eigenvalue weighted by atomic mass is 9.98. The molecule has 0 aromatic carbocycles. The molecule has 2 saturated carbocycles. The highest BCUT2D eigenvalue weighted by atomic mass is 33.1. The van der Waals surface area contributed by atoms with Crippen molar-refractivity contribution in [2.75, 3.05) is 13.2 Å². The molecule has 2 atom stereocenters. The SMILES string of the molecule is C[Si](C)C(CCOC1CCCCC1)SSC(CCOC1CCCCC1)[Si](C)C. The Bertz CT molecular complexity index is 351. The average molecular weight is 461 g/mol. The Balaban J connectivity index is 1.65. The number of hydrogen-bond donors (Lipinski definition) is 0. The van der Waals surface area contributed by atoms with E-state index in [2.05, 4.69) is 47.8 Å². The summed E-state index contributed by atoms with van der Waals surface area (Å²) in [4.78, 5) is 1.61. The molecule has 0 aliphatic heterocycles. The molecule has 0 saturated heterocycles. The highest BCUT2D eigenvalue weighted by molar-refractivity contribution is 8.77. The van der Waals surface area contributed by atoms with E-state index in [4.69, 9.17) is 9.47 Å². The first-order valence-electron chi connectivity index (χ1n) is 11.7. The van der Waals surface area contributed by atoms with E-state index in [0.717, 1.165) is 23.0 Å². The van der Waals surface area contributed by atoms with E-state index in [9.17, 15) is 0 Å². The summed E-state index contributed by atoms with van der Waals surface area (Å²) in [5, 5.41) is 0. The van der Waals surface area contributed by atoms with Crippen LogP contribution in [0.1, 0.15) is 77.0 Å². The molecule has 2 unspecified atom stereocenters. The van der Waals surface area contributed by atoms with Gasteiger partial charge in [-0.25, -0.2) is 0 Å². The molecule has 0 spiro atoms. The van der Waals surface area contributed by atoms with Crippen molar-refractivity contribution in [3.63, 3.8) is 0 Å². The summed E-state index contributed by atoms with van der Waals surface area (Å²) >= 11 is 0. The lowest BCUT2D eigenvalue weighted by Gasteiger charge is -2.27. The molecule has 0 amide bonds. The van der Waals surface area contributed by atoms with Gasteiger partial charge < -0.3 is 9.47 Å². The summed E-state index contributed by atoms with van der Waals surface area (Å²) < 4.78 is 12.5. The molecule has 2 nitrogen and oxygen atoms in total. The maximum atomic E-state index is 6.23. The minimum atomic E-state index is -0.291. The Labute approximate surface area is 186 Å². The predicted molar refractivity (Wildman–Crippen MR) is 133 cm³/mol. The standard InChI is InChI=1S/C22H44O2S2Si2/c1-27(2)21(15-17-23-19-11-7-5-8-12-19)25-26-22(28(3)4)16-18-24-20-13-9-6-10-14-20/h19-22H,5-18H2,1-4H3. The molecule has 2 aliphatic rings. The van der Waals surface area contributed by atoms with Gasteiger partial charge in [-0.2, -0.15) is 0 Å². The van der Waals surface area contributed by atoms with Gasteiger partial charge in [0.05, 0.1) is 29.8 Å². The van der Waals surface area contributed by atoms with Crippen LogP contribution in [0.3, 0.4) is 0 Å². The van der Waals surface area contributed by atoms with Crippen molar-refractivity contribution < 1.29 is 9.47 Å². The van der Waals surface area contributed by atoms with Crippen LogP contribution in [0.25, 0.3) is 0 Å². The molecule has 2 aliphatic carbocycles. The zero-order valence-corrected chi connectivity index (χ0v) is 22.5. The molecule has 0 heterocycles. The monoisotopic (exact) mass is 460 g/mol. The van der Waals surface area contributed by atoms with Crippen molar-refractivity contribution in [1.82, 2.24) is 0 Å². The fraction of sp³-hybridized carbons (Fsp3) is 1.00. The molecular weight excluding hydrogens is 417 g/mol. The van der Waals surface area contributed by atoms with Gasteiger partial charge in [0, 0.05) is 23.0 Å². The zero-order valence-electron chi connectivity index (χ0n) is 18.8. The first kappa shape index (κ1) is 25.3. The van der Waals surface area contributed by atoms with Gasteiger partial charge in [0.25, 0.3) is 0 Å². The van der Waals surface area contributed by atoms with Crippen LogP contribution in [0.2, 0.25) is 26.2 Å². The zero-order chi connectivity index (χ0) is 20.2. The van der Waals surface area contributed by atoms with Gasteiger partial charge in [-0.15, -0.1) is 0 Å². The Morgan fingerprint density at radius 2 is 1.00 bits per heavy atom. The second kappa shape index (κ2) is 15.0. The normalized spacial score (nSPS) is 22.1. The van der Waals surface area contributed by atoms with Gasteiger partial charge >= 0.3 is 0 Å². The molecular formula is C22H44O2S2Si2. The smallest absolute Gasteiger partial charge is 0.0583 e. The molecule has 2 rings (SSSR count). The van der Waals surface area contributed by atoms with Crippen molar-refractivity contribution >= 4 is 39.2 Å². The van der Waals surface area contributed by atoms with E-state index in [1.165, 1.54) is 77.0 Å². The second-order valence-corrected chi connectivity index (χ2v) is 18.4. The van der Waals surface area contributed by atoms with Gasteiger partial charge in [-0.3, -0.25) is 0 Å². The molecule has 0 aromatic heterocycles. The summed E-state index contributed by atoms with van der Waals surface area (Å²) in [7, 11) is 3.80. The Hall–Kier alpha value is 1.05. The van der Waals surface area contributed by atoms with E-state index in [0.29, 0.717) is 12.2 Å². The summed E-state index contributed by atoms with van der Waals surface area (Å²) in [5.74, 6) is 0. The Morgan fingerprint density at radius 3 is 1.32 bits per heavy atom. The fourth-order valence-corrected chi connectivity index (χ4v) is 13.6. The largest absolute Gasteiger partial charge is 0.378 e. The Morgan fingerprint density at radius 1 is 0.643 bits per heavy atom. The maximum absolute atomic E-state index is 6.23. The van der Waals surface area contributed by atoms with Crippen LogP contribution in [0.15, 0.2) is 0 Å². The molecule has 0 N–H and O–H groups in total. The van der Waals surface area contributed by atoms with Crippen molar-refractivity contribution in [2.45, 2.75) is 125 Å². The van der Waals surface area contributed by atoms with E-state index < -0.39 is 0 Å². The third-order valence-electron chi connectivity index (χ3n) is 6.15. The lowest BCUT2D eigenvalue weighted by molar-refractivity contribution is 0.0282. The Kier molecular flexibility index (Phi) is 13.5. The van der Waals surface area contributed by atoms with Crippen LogP contribution >= 0.6 is 21.6 Å². The van der Waals surface area contributed by atoms with E-state index in [-0.39, 0.29) is 17.6 Å². The highest BCUT2D eigenvalue weighted by Gasteiger charge is 2.23. The number of rotatable bonds is 13. The molecule has 0 aromatic rings. The van der Waals surface area contributed by atoms with Crippen molar-refractivity contribution in [3.8, 4) is 0 Å². The topological polar surface area (TPSA) is 18.5 Å². The van der Waals surface area contributed by atoms with Gasteiger partial charge in [0.2, 0.25) is 0 Å². The van der Waals surface area contributed by atoms with Crippen LogP contribution in [-0.2, 0) is 9.47 Å². The molecule has 0 bridgehead atoms. The van der Waals surface area contributed by atoms with E-state index in [1.54, 1.807) is 0 Å². The third kappa shape index (κ3) is 10.4. The fourth-order valence-electron chi connectivity index (χ4n) is 4.15. The van der Waals surface area contributed by atoms with Crippen LogP contribution in [0.4, 0.5) is 0 Å². The van der Waals surface area contributed by atoms with Crippen molar-refractivity contribution in [1.29, 1.82) is 0 Å². The minimum absolute atomic E-state index is 0.291. The molecule has 28 heavy (non-hydrogen) atoms. The highest BCUT2D eigenvalue weighted by Crippen LogP contribution is 2.37. The summed E-state index contributed by atoms with van der Waals surface area (Å²) in [6, 6.07) is 0.